The first kappa shape index (κ1) is 15.9. The third-order valence-electron chi connectivity index (χ3n) is 4.20. The van der Waals surface area contributed by atoms with Gasteiger partial charge in [-0.3, -0.25) is 9.88 Å². The zero-order chi connectivity index (χ0) is 16.2. The van der Waals surface area contributed by atoms with Crippen LogP contribution in [0.5, 0.6) is 5.88 Å². The number of hydrogen-bond donors (Lipinski definition) is 0. The number of benzene rings is 1. The van der Waals surface area contributed by atoms with Crippen LogP contribution in [0.15, 0.2) is 30.5 Å². The highest BCUT2D eigenvalue weighted by Gasteiger charge is 2.22. The smallest absolute Gasteiger partial charge is 0.235 e. The van der Waals surface area contributed by atoms with E-state index in [0.29, 0.717) is 12.4 Å². The molecule has 0 bridgehead atoms. The van der Waals surface area contributed by atoms with Crippen LogP contribution in [0.3, 0.4) is 0 Å². The van der Waals surface area contributed by atoms with Crippen molar-refractivity contribution in [1.82, 2.24) is 14.9 Å². The van der Waals surface area contributed by atoms with Gasteiger partial charge in [-0.1, -0.05) is 18.2 Å². The summed E-state index contributed by atoms with van der Waals surface area (Å²) in [5, 5.41) is 0. The quantitative estimate of drug-likeness (QED) is 0.868. The van der Waals surface area contributed by atoms with Crippen LogP contribution in [0.2, 0.25) is 0 Å². The van der Waals surface area contributed by atoms with Gasteiger partial charge in [0, 0.05) is 31.4 Å². The molecule has 1 saturated heterocycles. The Morgan fingerprint density at radius 3 is 2.70 bits per heavy atom. The topological polar surface area (TPSA) is 38.2 Å². The Hall–Kier alpha value is -2.01. The van der Waals surface area contributed by atoms with E-state index in [1.165, 1.54) is 6.07 Å². The van der Waals surface area contributed by atoms with Gasteiger partial charge < -0.3 is 4.74 Å². The number of likely N-dealkylation sites (tertiary alicyclic amines) is 1. The molecule has 3 rings (SSSR count). The first-order chi connectivity index (χ1) is 11.1. The number of nitrogens with zero attached hydrogens (tertiary/aromatic N) is 3. The van der Waals surface area contributed by atoms with Crippen LogP contribution in [0, 0.1) is 19.7 Å². The van der Waals surface area contributed by atoms with Crippen LogP contribution >= 0.6 is 0 Å². The lowest BCUT2D eigenvalue weighted by Gasteiger charge is -2.32. The molecule has 0 spiro atoms. The van der Waals surface area contributed by atoms with Crippen molar-refractivity contribution in [3.63, 3.8) is 0 Å². The van der Waals surface area contributed by atoms with Crippen LogP contribution in [0.25, 0.3) is 0 Å². The molecule has 1 fully saturated rings. The van der Waals surface area contributed by atoms with E-state index in [0.717, 1.165) is 42.9 Å². The summed E-state index contributed by atoms with van der Waals surface area (Å²) in [6, 6.07) is 6.98. The fourth-order valence-electron chi connectivity index (χ4n) is 2.84. The van der Waals surface area contributed by atoms with Gasteiger partial charge in [-0.25, -0.2) is 9.37 Å². The van der Waals surface area contributed by atoms with Crippen LogP contribution in [-0.2, 0) is 6.54 Å². The molecule has 2 heterocycles. The highest BCUT2D eigenvalue weighted by Crippen LogP contribution is 2.21. The van der Waals surface area contributed by atoms with Crippen LogP contribution in [0.4, 0.5) is 4.39 Å². The fourth-order valence-corrected chi connectivity index (χ4v) is 2.84. The number of aryl methyl sites for hydroxylation is 2. The van der Waals surface area contributed by atoms with Crippen LogP contribution in [-0.4, -0.2) is 34.1 Å². The molecule has 0 unspecified atom stereocenters. The molecule has 5 heteroatoms. The van der Waals surface area contributed by atoms with E-state index in [2.05, 4.69) is 14.9 Å². The molecule has 0 atom stereocenters. The van der Waals surface area contributed by atoms with Crippen molar-refractivity contribution in [3.05, 3.63) is 53.2 Å². The third kappa shape index (κ3) is 4.05. The van der Waals surface area contributed by atoms with Crippen molar-refractivity contribution in [1.29, 1.82) is 0 Å². The van der Waals surface area contributed by atoms with E-state index < -0.39 is 0 Å². The summed E-state index contributed by atoms with van der Waals surface area (Å²) in [4.78, 5) is 11.0. The number of ether oxygens (including phenoxy) is 1. The summed E-state index contributed by atoms with van der Waals surface area (Å²) >= 11 is 0. The minimum absolute atomic E-state index is 0.128. The molecule has 0 N–H and O–H groups in total. The highest BCUT2D eigenvalue weighted by atomic mass is 19.1. The summed E-state index contributed by atoms with van der Waals surface area (Å²) in [7, 11) is 0. The van der Waals surface area contributed by atoms with Crippen molar-refractivity contribution in [2.75, 3.05) is 13.1 Å². The first-order valence-corrected chi connectivity index (χ1v) is 8.04. The first-order valence-electron chi connectivity index (χ1n) is 8.04. The number of aromatic nitrogens is 2. The van der Waals surface area contributed by atoms with Crippen LogP contribution in [0.1, 0.15) is 29.8 Å². The maximum atomic E-state index is 13.7. The second kappa shape index (κ2) is 7.04. The standard InChI is InChI=1S/C18H22FN3O/c1-13-11-20-14(2)18(21-13)23-16-7-9-22(10-8-16)12-15-5-3-4-6-17(15)19/h3-6,11,16H,7-10,12H2,1-2H3. The Bertz CT molecular complexity index is 669. The average Bonchev–Trinajstić information content (AvgIpc) is 2.55. The Kier molecular flexibility index (Phi) is 4.86. The van der Waals surface area contributed by atoms with Crippen molar-refractivity contribution in [2.45, 2.75) is 39.3 Å². The average molecular weight is 315 g/mol. The van der Waals surface area contributed by atoms with Crippen LogP contribution < -0.4 is 4.74 Å². The van der Waals surface area contributed by atoms with E-state index in [4.69, 9.17) is 4.74 Å². The van der Waals surface area contributed by atoms with Gasteiger partial charge in [-0.05, 0) is 32.8 Å². The molecule has 0 aliphatic carbocycles. The van der Waals surface area contributed by atoms with E-state index in [1.54, 1.807) is 12.3 Å². The molecule has 1 aliphatic heterocycles. The normalized spacial score (nSPS) is 16.5. The maximum absolute atomic E-state index is 13.7. The molecule has 0 radical (unpaired) electrons. The largest absolute Gasteiger partial charge is 0.473 e. The van der Waals surface area contributed by atoms with Gasteiger partial charge in [-0.2, -0.15) is 0 Å². The van der Waals surface area contributed by atoms with E-state index in [9.17, 15) is 4.39 Å². The van der Waals surface area contributed by atoms with Crippen molar-refractivity contribution in [3.8, 4) is 5.88 Å². The Morgan fingerprint density at radius 1 is 1.22 bits per heavy atom. The Balaban J connectivity index is 1.54. The molecule has 23 heavy (non-hydrogen) atoms. The Labute approximate surface area is 136 Å². The molecule has 1 aromatic carbocycles. The summed E-state index contributed by atoms with van der Waals surface area (Å²) in [6.07, 6.45) is 3.74. The summed E-state index contributed by atoms with van der Waals surface area (Å²) in [5.74, 6) is 0.508. The van der Waals surface area contributed by atoms with E-state index >= 15 is 0 Å². The molecule has 2 aromatic rings. The fraction of sp³-hybridized carbons (Fsp3) is 0.444. The minimum atomic E-state index is -0.128. The SMILES string of the molecule is Cc1cnc(C)c(OC2CCN(Cc3ccccc3F)CC2)n1. The van der Waals surface area contributed by atoms with Crippen molar-refractivity contribution < 1.29 is 9.13 Å². The number of halogens is 1. The zero-order valence-electron chi connectivity index (χ0n) is 13.6. The zero-order valence-corrected chi connectivity index (χ0v) is 13.6. The van der Waals surface area contributed by atoms with Crippen molar-refractivity contribution in [2.24, 2.45) is 0 Å². The van der Waals surface area contributed by atoms with Crippen molar-refractivity contribution >= 4 is 0 Å². The molecule has 122 valence electrons. The lowest BCUT2D eigenvalue weighted by molar-refractivity contribution is 0.0915. The third-order valence-corrected chi connectivity index (χ3v) is 4.20. The van der Waals surface area contributed by atoms with Gasteiger partial charge >= 0.3 is 0 Å². The maximum Gasteiger partial charge on any atom is 0.235 e. The molecule has 1 aliphatic rings. The molecule has 0 saturated carbocycles. The predicted octanol–water partition coefficient (Wildman–Crippen LogP) is 3.28. The molecular weight excluding hydrogens is 293 g/mol. The lowest BCUT2D eigenvalue weighted by atomic mass is 10.1. The molecule has 4 nitrogen and oxygen atoms in total. The lowest BCUT2D eigenvalue weighted by Crippen LogP contribution is -2.38. The predicted molar refractivity (Wildman–Crippen MR) is 86.8 cm³/mol. The summed E-state index contributed by atoms with van der Waals surface area (Å²) in [6.45, 7) is 6.28. The number of hydrogen-bond acceptors (Lipinski definition) is 4. The minimum Gasteiger partial charge on any atom is -0.473 e. The monoisotopic (exact) mass is 315 g/mol. The van der Waals surface area contributed by atoms with Gasteiger partial charge in [0.05, 0.1) is 11.4 Å². The van der Waals surface area contributed by atoms with E-state index in [1.807, 2.05) is 26.0 Å². The number of piperidine rings is 1. The summed E-state index contributed by atoms with van der Waals surface area (Å²) in [5.41, 5.74) is 2.44. The van der Waals surface area contributed by atoms with Gasteiger partial charge in [0.2, 0.25) is 5.88 Å². The second-order valence-electron chi connectivity index (χ2n) is 6.09. The molecule has 0 amide bonds. The van der Waals surface area contributed by atoms with E-state index in [-0.39, 0.29) is 11.9 Å². The molecule has 1 aromatic heterocycles. The number of rotatable bonds is 4. The highest BCUT2D eigenvalue weighted by molar-refractivity contribution is 5.19. The Morgan fingerprint density at radius 2 is 1.96 bits per heavy atom. The molecular formula is C18H22FN3O. The van der Waals surface area contributed by atoms with Gasteiger partial charge in [0.15, 0.2) is 0 Å². The van der Waals surface area contributed by atoms with Gasteiger partial charge in [0.1, 0.15) is 11.9 Å². The summed E-state index contributed by atoms with van der Waals surface area (Å²) < 4.78 is 19.7. The van der Waals surface area contributed by atoms with Gasteiger partial charge in [0.25, 0.3) is 0 Å². The second-order valence-corrected chi connectivity index (χ2v) is 6.09. The van der Waals surface area contributed by atoms with Gasteiger partial charge in [-0.15, -0.1) is 0 Å².